The zero-order valence-corrected chi connectivity index (χ0v) is 23.4. The SMILES string of the molecule is c1ccc(-c2nc(-n3c4cccc5c6ccccc6n6c(-c7ccccn7)nc7ccc3c(c54)c76)nc3ccccc23)cc1. The molecule has 0 saturated carbocycles. The normalized spacial score (nSPS) is 12.1. The third kappa shape index (κ3) is 3.08. The lowest BCUT2D eigenvalue weighted by atomic mass is 10.1. The number of imidazole rings is 1. The Bertz CT molecular complexity index is 2710. The molecule has 5 aromatic carbocycles. The van der Waals surface area contributed by atoms with Gasteiger partial charge in [-0.25, -0.2) is 15.0 Å². The number of hydrogen-bond donors (Lipinski definition) is 0. The van der Waals surface area contributed by atoms with Crippen LogP contribution in [0.1, 0.15) is 0 Å². The highest BCUT2D eigenvalue weighted by molar-refractivity contribution is 6.30. The maximum absolute atomic E-state index is 5.28. The molecule has 0 aliphatic heterocycles. The Hall–Kier alpha value is -6.14. The van der Waals surface area contributed by atoms with Gasteiger partial charge in [0.05, 0.1) is 38.8 Å². The Labute approximate surface area is 250 Å². The van der Waals surface area contributed by atoms with Crippen LogP contribution in [0.3, 0.4) is 0 Å². The molecule has 6 nitrogen and oxygen atoms in total. The first kappa shape index (κ1) is 23.4. The lowest BCUT2D eigenvalue weighted by Crippen LogP contribution is -2.03. The Morgan fingerprint density at radius 1 is 0.477 bits per heavy atom. The smallest absolute Gasteiger partial charge is 0.235 e. The van der Waals surface area contributed by atoms with Crippen LogP contribution in [0.2, 0.25) is 0 Å². The van der Waals surface area contributed by atoms with Crippen molar-refractivity contribution in [2.24, 2.45) is 0 Å². The van der Waals surface area contributed by atoms with Crippen molar-refractivity contribution in [2.45, 2.75) is 0 Å². The maximum atomic E-state index is 5.28. The van der Waals surface area contributed by atoms with Gasteiger partial charge in [-0.2, -0.15) is 0 Å². The largest absolute Gasteiger partial charge is 0.290 e. The van der Waals surface area contributed by atoms with Gasteiger partial charge in [-0.3, -0.25) is 14.0 Å². The molecule has 0 amide bonds. The standard InChI is InChI=1S/C38H22N6/c1-2-11-23(12-3-1)35-26-14-4-6-16-27(26)41-38(42-35)43-31-19-10-15-25-24-13-5-7-18-30(24)44-36-28(20-21-32(43)34(36)33(25)31)40-37(44)29-17-8-9-22-39-29/h1-22H. The predicted octanol–water partition coefficient (Wildman–Crippen LogP) is 8.85. The molecule has 0 unspecified atom stereocenters. The van der Waals surface area contributed by atoms with Crippen LogP contribution in [0.15, 0.2) is 134 Å². The van der Waals surface area contributed by atoms with Crippen molar-refractivity contribution in [1.82, 2.24) is 28.9 Å². The third-order valence-corrected chi connectivity index (χ3v) is 8.74. The van der Waals surface area contributed by atoms with Crippen molar-refractivity contribution in [2.75, 3.05) is 0 Å². The van der Waals surface area contributed by atoms with Crippen LogP contribution in [0, 0.1) is 0 Å². The fourth-order valence-corrected chi connectivity index (χ4v) is 6.93. The summed E-state index contributed by atoms with van der Waals surface area (Å²) >= 11 is 0. The number of benzene rings is 5. The lowest BCUT2D eigenvalue weighted by molar-refractivity contribution is 1.01. The number of fused-ring (bicyclic) bond motifs is 4. The molecule has 10 rings (SSSR count). The van der Waals surface area contributed by atoms with Gasteiger partial charge in [-0.1, -0.05) is 84.9 Å². The minimum Gasteiger partial charge on any atom is -0.290 e. The summed E-state index contributed by atoms with van der Waals surface area (Å²) in [5.74, 6) is 1.46. The molecule has 0 atom stereocenters. The summed E-state index contributed by atoms with van der Waals surface area (Å²) in [6.07, 6.45) is 1.82. The van der Waals surface area contributed by atoms with E-state index in [4.69, 9.17) is 19.9 Å². The summed E-state index contributed by atoms with van der Waals surface area (Å²) in [5, 5.41) is 5.66. The Balaban J connectivity index is 1.42. The zero-order valence-electron chi connectivity index (χ0n) is 23.4. The van der Waals surface area contributed by atoms with Crippen LogP contribution in [-0.2, 0) is 0 Å². The topological polar surface area (TPSA) is 60.9 Å². The first-order chi connectivity index (χ1) is 21.8. The molecule has 6 heteroatoms. The molecule has 5 heterocycles. The van der Waals surface area contributed by atoms with E-state index in [-0.39, 0.29) is 0 Å². The fraction of sp³-hybridized carbons (Fsp3) is 0. The van der Waals surface area contributed by atoms with Crippen LogP contribution >= 0.6 is 0 Å². The molecular formula is C38H22N6. The van der Waals surface area contributed by atoms with Crippen molar-refractivity contribution < 1.29 is 0 Å². The van der Waals surface area contributed by atoms with Gasteiger partial charge < -0.3 is 0 Å². The number of nitrogens with zero attached hydrogens (tertiary/aromatic N) is 6. The number of pyridine rings is 1. The summed E-state index contributed by atoms with van der Waals surface area (Å²) in [6, 6.07) is 44.0. The molecule has 10 aromatic rings. The molecule has 0 bridgehead atoms. The number of hydrogen-bond acceptors (Lipinski definition) is 4. The van der Waals surface area contributed by atoms with Gasteiger partial charge in [0, 0.05) is 33.3 Å². The van der Waals surface area contributed by atoms with Crippen LogP contribution < -0.4 is 0 Å². The van der Waals surface area contributed by atoms with E-state index in [1.165, 1.54) is 10.8 Å². The molecule has 0 aliphatic carbocycles. The molecule has 0 N–H and O–H groups in total. The highest BCUT2D eigenvalue weighted by atomic mass is 15.2. The monoisotopic (exact) mass is 562 g/mol. The second-order valence-electron chi connectivity index (χ2n) is 11.1. The average Bonchev–Trinajstić information content (AvgIpc) is 3.61. The maximum Gasteiger partial charge on any atom is 0.235 e. The fourth-order valence-electron chi connectivity index (χ4n) is 6.93. The summed E-state index contributed by atoms with van der Waals surface area (Å²) in [5.41, 5.74) is 8.89. The number of aromatic nitrogens is 6. The molecule has 0 fully saturated rings. The number of rotatable bonds is 3. The van der Waals surface area contributed by atoms with E-state index in [0.29, 0.717) is 5.95 Å². The van der Waals surface area contributed by atoms with Gasteiger partial charge in [-0.05, 0) is 47.9 Å². The van der Waals surface area contributed by atoms with Gasteiger partial charge in [-0.15, -0.1) is 0 Å². The summed E-state index contributed by atoms with van der Waals surface area (Å²) in [6.45, 7) is 0. The molecule has 0 spiro atoms. The van der Waals surface area contributed by atoms with Crippen molar-refractivity contribution in [1.29, 1.82) is 0 Å². The van der Waals surface area contributed by atoms with E-state index >= 15 is 0 Å². The zero-order chi connectivity index (χ0) is 28.8. The molecule has 204 valence electrons. The molecule has 44 heavy (non-hydrogen) atoms. The molecular weight excluding hydrogens is 540 g/mol. The molecule has 0 saturated heterocycles. The van der Waals surface area contributed by atoms with E-state index < -0.39 is 0 Å². The Morgan fingerprint density at radius 2 is 1.23 bits per heavy atom. The quantitative estimate of drug-likeness (QED) is 0.216. The second-order valence-corrected chi connectivity index (χ2v) is 11.1. The van der Waals surface area contributed by atoms with E-state index in [1.54, 1.807) is 0 Å². The van der Waals surface area contributed by atoms with Crippen molar-refractivity contribution in [3.8, 4) is 28.7 Å². The van der Waals surface area contributed by atoms with Crippen molar-refractivity contribution in [3.05, 3.63) is 134 Å². The first-order valence-electron chi connectivity index (χ1n) is 14.7. The second kappa shape index (κ2) is 8.69. The Kier molecular flexibility index (Phi) is 4.63. The van der Waals surface area contributed by atoms with Crippen molar-refractivity contribution >= 4 is 60.0 Å². The third-order valence-electron chi connectivity index (χ3n) is 8.74. The van der Waals surface area contributed by atoms with Gasteiger partial charge in [0.15, 0.2) is 5.82 Å². The van der Waals surface area contributed by atoms with E-state index in [0.717, 1.165) is 72.0 Å². The lowest BCUT2D eigenvalue weighted by Gasteiger charge is -2.12. The first-order valence-corrected chi connectivity index (χ1v) is 14.7. The van der Waals surface area contributed by atoms with Crippen LogP contribution in [0.5, 0.6) is 0 Å². The average molecular weight is 563 g/mol. The summed E-state index contributed by atoms with van der Waals surface area (Å²) in [7, 11) is 0. The summed E-state index contributed by atoms with van der Waals surface area (Å²) in [4.78, 5) is 20.3. The predicted molar refractivity (Wildman–Crippen MR) is 177 cm³/mol. The van der Waals surface area contributed by atoms with Gasteiger partial charge >= 0.3 is 0 Å². The minimum atomic E-state index is 0.643. The van der Waals surface area contributed by atoms with Gasteiger partial charge in [0.1, 0.15) is 5.69 Å². The Morgan fingerprint density at radius 3 is 2.11 bits per heavy atom. The minimum absolute atomic E-state index is 0.643. The summed E-state index contributed by atoms with van der Waals surface area (Å²) < 4.78 is 4.51. The van der Waals surface area contributed by atoms with Gasteiger partial charge in [0.25, 0.3) is 0 Å². The molecule has 0 aliphatic rings. The molecule has 5 aromatic heterocycles. The molecule has 0 radical (unpaired) electrons. The van der Waals surface area contributed by atoms with E-state index in [9.17, 15) is 0 Å². The number of para-hydroxylation sites is 2. The van der Waals surface area contributed by atoms with E-state index in [1.807, 2.05) is 42.6 Å². The van der Waals surface area contributed by atoms with Crippen molar-refractivity contribution in [3.63, 3.8) is 0 Å². The highest BCUT2D eigenvalue weighted by Crippen LogP contribution is 2.43. The highest BCUT2D eigenvalue weighted by Gasteiger charge is 2.25. The van der Waals surface area contributed by atoms with Gasteiger partial charge in [0.2, 0.25) is 5.95 Å². The van der Waals surface area contributed by atoms with Crippen LogP contribution in [-0.4, -0.2) is 28.9 Å². The van der Waals surface area contributed by atoms with Crippen LogP contribution in [0.4, 0.5) is 0 Å². The van der Waals surface area contributed by atoms with Crippen LogP contribution in [0.25, 0.3) is 88.8 Å². The van der Waals surface area contributed by atoms with E-state index in [2.05, 4.69) is 100.0 Å².